The molecular weight excluding hydrogens is 206 g/mol. The number of cyclic esters (lactones) is 1. The molecule has 2 rings (SSSR count). The lowest BCUT2D eigenvalue weighted by molar-refractivity contribution is -0.140. The number of hydrogen-bond donors (Lipinski definition) is 1. The predicted molar refractivity (Wildman–Crippen MR) is 60.1 cm³/mol. The zero-order valence-corrected chi connectivity index (χ0v) is 10.5. The minimum absolute atomic E-state index is 0.121. The van der Waals surface area contributed by atoms with Crippen molar-refractivity contribution in [2.75, 3.05) is 6.61 Å². The molecule has 0 aromatic heterocycles. The number of ether oxygens (including phenoxy) is 2. The van der Waals surface area contributed by atoms with Crippen molar-refractivity contribution in [1.29, 1.82) is 0 Å². The number of esters is 1. The Morgan fingerprint density at radius 1 is 1.31 bits per heavy atom. The van der Waals surface area contributed by atoms with Crippen LogP contribution in [0.3, 0.4) is 0 Å². The molecule has 0 amide bonds. The molecule has 0 aromatic carbocycles. The van der Waals surface area contributed by atoms with Gasteiger partial charge in [0.1, 0.15) is 6.04 Å². The molecule has 2 atom stereocenters. The molecule has 4 nitrogen and oxygen atoms in total. The van der Waals surface area contributed by atoms with Gasteiger partial charge in [0.15, 0.2) is 0 Å². The Bertz CT molecular complexity index is 299. The standard InChI is InChI=1S/C12H21NO3/c1-11(2)7-9(12(3,4)16-11)13-8-5-6-15-10(8)14/h8-9,13H,5-7H2,1-4H3. The van der Waals surface area contributed by atoms with Gasteiger partial charge in [-0.05, 0) is 34.1 Å². The van der Waals surface area contributed by atoms with Gasteiger partial charge in [-0.2, -0.15) is 0 Å². The van der Waals surface area contributed by atoms with Crippen LogP contribution in [0.2, 0.25) is 0 Å². The Balaban J connectivity index is 2.02. The molecule has 2 heterocycles. The van der Waals surface area contributed by atoms with E-state index < -0.39 is 0 Å². The summed E-state index contributed by atoms with van der Waals surface area (Å²) in [5, 5.41) is 3.37. The summed E-state index contributed by atoms with van der Waals surface area (Å²) in [5.41, 5.74) is -0.351. The molecule has 2 aliphatic rings. The van der Waals surface area contributed by atoms with Crippen LogP contribution in [0.4, 0.5) is 0 Å². The first-order valence-electron chi connectivity index (χ1n) is 5.93. The molecule has 0 bridgehead atoms. The van der Waals surface area contributed by atoms with Gasteiger partial charge in [-0.15, -0.1) is 0 Å². The van der Waals surface area contributed by atoms with Crippen molar-refractivity contribution < 1.29 is 14.3 Å². The van der Waals surface area contributed by atoms with Gasteiger partial charge in [0.05, 0.1) is 17.8 Å². The Hall–Kier alpha value is -0.610. The van der Waals surface area contributed by atoms with E-state index in [4.69, 9.17) is 9.47 Å². The van der Waals surface area contributed by atoms with Gasteiger partial charge in [-0.3, -0.25) is 10.1 Å². The third-order valence-electron chi connectivity index (χ3n) is 3.41. The molecule has 0 aliphatic carbocycles. The lowest BCUT2D eigenvalue weighted by atomic mass is 9.93. The Labute approximate surface area is 96.7 Å². The number of carbonyl (C=O) groups is 1. The minimum Gasteiger partial charge on any atom is -0.464 e. The second kappa shape index (κ2) is 3.70. The first-order chi connectivity index (χ1) is 7.30. The van der Waals surface area contributed by atoms with Crippen LogP contribution in [0.5, 0.6) is 0 Å². The van der Waals surface area contributed by atoms with Crippen molar-refractivity contribution >= 4 is 5.97 Å². The molecular formula is C12H21NO3. The number of carbonyl (C=O) groups excluding carboxylic acids is 1. The fourth-order valence-corrected chi connectivity index (χ4v) is 2.71. The van der Waals surface area contributed by atoms with E-state index in [1.807, 2.05) is 0 Å². The number of nitrogens with one attached hydrogen (secondary N) is 1. The largest absolute Gasteiger partial charge is 0.464 e. The SMILES string of the molecule is CC1(C)CC(NC2CCOC2=O)C(C)(C)O1. The molecule has 0 radical (unpaired) electrons. The van der Waals surface area contributed by atoms with Crippen molar-refractivity contribution in [1.82, 2.24) is 5.32 Å². The molecule has 16 heavy (non-hydrogen) atoms. The average Bonchev–Trinajstić information content (AvgIpc) is 2.56. The summed E-state index contributed by atoms with van der Waals surface area (Å²) in [6.45, 7) is 8.85. The van der Waals surface area contributed by atoms with Gasteiger partial charge >= 0.3 is 5.97 Å². The molecule has 2 aliphatic heterocycles. The van der Waals surface area contributed by atoms with Crippen molar-refractivity contribution in [3.63, 3.8) is 0 Å². The Kier molecular flexibility index (Phi) is 2.75. The van der Waals surface area contributed by atoms with Crippen LogP contribution in [-0.4, -0.2) is 35.9 Å². The van der Waals surface area contributed by atoms with E-state index >= 15 is 0 Å². The maximum absolute atomic E-state index is 11.4. The normalized spacial score (nSPS) is 36.4. The molecule has 0 aromatic rings. The topological polar surface area (TPSA) is 47.6 Å². The second-order valence-electron chi connectivity index (χ2n) is 5.90. The third kappa shape index (κ3) is 2.23. The van der Waals surface area contributed by atoms with Gasteiger partial charge < -0.3 is 9.47 Å². The predicted octanol–water partition coefficient (Wildman–Crippen LogP) is 1.24. The van der Waals surface area contributed by atoms with Crippen LogP contribution < -0.4 is 5.32 Å². The van der Waals surface area contributed by atoms with Gasteiger partial charge in [0, 0.05) is 12.5 Å². The third-order valence-corrected chi connectivity index (χ3v) is 3.41. The van der Waals surface area contributed by atoms with Crippen LogP contribution in [-0.2, 0) is 14.3 Å². The number of rotatable bonds is 2. The van der Waals surface area contributed by atoms with E-state index in [-0.39, 0.29) is 29.3 Å². The van der Waals surface area contributed by atoms with Crippen LogP contribution in [0.15, 0.2) is 0 Å². The molecule has 2 unspecified atom stereocenters. The van der Waals surface area contributed by atoms with Gasteiger partial charge in [0.25, 0.3) is 0 Å². The van der Waals surface area contributed by atoms with Crippen LogP contribution in [0, 0.1) is 0 Å². The van der Waals surface area contributed by atoms with Gasteiger partial charge in [0.2, 0.25) is 0 Å². The molecule has 0 saturated carbocycles. The van der Waals surface area contributed by atoms with E-state index in [0.29, 0.717) is 6.61 Å². The highest BCUT2D eigenvalue weighted by atomic mass is 16.5. The fraction of sp³-hybridized carbons (Fsp3) is 0.917. The van der Waals surface area contributed by atoms with Crippen molar-refractivity contribution in [3.05, 3.63) is 0 Å². The summed E-state index contributed by atoms with van der Waals surface area (Å²) in [5.74, 6) is -0.125. The lowest BCUT2D eigenvalue weighted by Crippen LogP contribution is -2.49. The molecule has 2 fully saturated rings. The van der Waals surface area contributed by atoms with Crippen molar-refractivity contribution in [2.24, 2.45) is 0 Å². The van der Waals surface area contributed by atoms with E-state index in [2.05, 4.69) is 33.0 Å². The Morgan fingerprint density at radius 2 is 2.00 bits per heavy atom. The maximum Gasteiger partial charge on any atom is 0.323 e. The van der Waals surface area contributed by atoms with E-state index in [9.17, 15) is 4.79 Å². The zero-order valence-electron chi connectivity index (χ0n) is 10.5. The summed E-state index contributed by atoms with van der Waals surface area (Å²) in [4.78, 5) is 11.4. The molecule has 1 N–H and O–H groups in total. The van der Waals surface area contributed by atoms with Crippen molar-refractivity contribution in [3.8, 4) is 0 Å². The van der Waals surface area contributed by atoms with Gasteiger partial charge in [-0.1, -0.05) is 0 Å². The first-order valence-corrected chi connectivity index (χ1v) is 5.93. The summed E-state index contributed by atoms with van der Waals surface area (Å²) in [6, 6.07) is 0.0555. The second-order valence-corrected chi connectivity index (χ2v) is 5.90. The zero-order chi connectivity index (χ0) is 12.0. The summed E-state index contributed by atoms with van der Waals surface area (Å²) >= 11 is 0. The Morgan fingerprint density at radius 3 is 2.44 bits per heavy atom. The summed E-state index contributed by atoms with van der Waals surface area (Å²) in [6.07, 6.45) is 1.69. The minimum atomic E-state index is -0.230. The van der Waals surface area contributed by atoms with E-state index in [1.165, 1.54) is 0 Å². The van der Waals surface area contributed by atoms with Crippen LogP contribution >= 0.6 is 0 Å². The summed E-state index contributed by atoms with van der Waals surface area (Å²) < 4.78 is 10.9. The van der Waals surface area contributed by atoms with Crippen molar-refractivity contribution in [2.45, 2.75) is 63.8 Å². The molecule has 4 heteroatoms. The fourth-order valence-electron chi connectivity index (χ4n) is 2.71. The average molecular weight is 227 g/mol. The summed E-state index contributed by atoms with van der Waals surface area (Å²) in [7, 11) is 0. The molecule has 92 valence electrons. The molecule has 2 saturated heterocycles. The van der Waals surface area contributed by atoms with E-state index in [0.717, 1.165) is 12.8 Å². The van der Waals surface area contributed by atoms with Crippen LogP contribution in [0.25, 0.3) is 0 Å². The van der Waals surface area contributed by atoms with Crippen LogP contribution in [0.1, 0.15) is 40.5 Å². The monoisotopic (exact) mass is 227 g/mol. The smallest absolute Gasteiger partial charge is 0.323 e. The molecule has 0 spiro atoms. The highest BCUT2D eigenvalue weighted by Gasteiger charge is 2.47. The highest BCUT2D eigenvalue weighted by Crippen LogP contribution is 2.37. The first kappa shape index (κ1) is 11.9. The number of hydrogen-bond acceptors (Lipinski definition) is 4. The maximum atomic E-state index is 11.4. The quantitative estimate of drug-likeness (QED) is 0.721. The highest BCUT2D eigenvalue weighted by molar-refractivity contribution is 5.77. The van der Waals surface area contributed by atoms with E-state index in [1.54, 1.807) is 0 Å². The van der Waals surface area contributed by atoms with Gasteiger partial charge in [-0.25, -0.2) is 0 Å². The lowest BCUT2D eigenvalue weighted by Gasteiger charge is -2.28.